The van der Waals surface area contributed by atoms with Gasteiger partial charge in [-0.1, -0.05) is 12.1 Å². The molecule has 124 valence electrons. The van der Waals surface area contributed by atoms with E-state index in [1.807, 2.05) is 0 Å². The molecule has 2 rings (SSSR count). The SMILES string of the molecule is COC(=O)c1ccc(C(=O)C(=O)c2cc(OC)cc(OC)c2)cc1. The molecule has 0 atom stereocenters. The van der Waals surface area contributed by atoms with Crippen molar-refractivity contribution in [1.82, 2.24) is 0 Å². The smallest absolute Gasteiger partial charge is 0.337 e. The van der Waals surface area contributed by atoms with Gasteiger partial charge < -0.3 is 14.2 Å². The lowest BCUT2D eigenvalue weighted by Crippen LogP contribution is -2.15. The van der Waals surface area contributed by atoms with E-state index in [-0.39, 0.29) is 11.1 Å². The van der Waals surface area contributed by atoms with E-state index in [0.29, 0.717) is 17.1 Å². The summed E-state index contributed by atoms with van der Waals surface area (Å²) in [6.07, 6.45) is 0. The molecule has 0 N–H and O–H groups in total. The normalized spacial score (nSPS) is 9.96. The fourth-order valence-corrected chi connectivity index (χ4v) is 2.08. The maximum absolute atomic E-state index is 12.4. The maximum atomic E-state index is 12.4. The fraction of sp³-hybridized carbons (Fsp3) is 0.167. The number of ketones is 2. The van der Waals surface area contributed by atoms with Gasteiger partial charge in [-0.05, 0) is 24.3 Å². The van der Waals surface area contributed by atoms with E-state index >= 15 is 0 Å². The van der Waals surface area contributed by atoms with E-state index in [1.54, 1.807) is 6.07 Å². The number of benzene rings is 2. The van der Waals surface area contributed by atoms with Crippen LogP contribution < -0.4 is 9.47 Å². The molecule has 6 heteroatoms. The van der Waals surface area contributed by atoms with Gasteiger partial charge in [0.05, 0.1) is 26.9 Å². The first kappa shape index (κ1) is 17.2. The molecule has 0 saturated carbocycles. The van der Waals surface area contributed by atoms with Crippen molar-refractivity contribution in [3.63, 3.8) is 0 Å². The van der Waals surface area contributed by atoms with Gasteiger partial charge in [0.25, 0.3) is 0 Å². The van der Waals surface area contributed by atoms with Crippen LogP contribution in [0, 0.1) is 0 Å². The molecule has 0 aromatic heterocycles. The highest BCUT2D eigenvalue weighted by molar-refractivity contribution is 6.49. The molecule has 2 aromatic rings. The third-order valence-corrected chi connectivity index (χ3v) is 3.39. The first-order valence-corrected chi connectivity index (χ1v) is 7.00. The van der Waals surface area contributed by atoms with Crippen molar-refractivity contribution in [1.29, 1.82) is 0 Å². The van der Waals surface area contributed by atoms with Crippen LogP contribution >= 0.6 is 0 Å². The van der Waals surface area contributed by atoms with Gasteiger partial charge in [-0.2, -0.15) is 0 Å². The number of carbonyl (C=O) groups excluding carboxylic acids is 3. The molecule has 24 heavy (non-hydrogen) atoms. The molecule has 0 aliphatic heterocycles. The van der Waals surface area contributed by atoms with Crippen molar-refractivity contribution in [3.05, 3.63) is 59.2 Å². The van der Waals surface area contributed by atoms with Crippen LogP contribution in [-0.2, 0) is 4.74 Å². The number of esters is 1. The Labute approximate surface area is 139 Å². The summed E-state index contributed by atoms with van der Waals surface area (Å²) in [5.74, 6) is -1.09. The Balaban J connectivity index is 2.29. The molecule has 0 heterocycles. The minimum absolute atomic E-state index is 0.160. The van der Waals surface area contributed by atoms with Crippen molar-refractivity contribution >= 4 is 17.5 Å². The van der Waals surface area contributed by atoms with Crippen LogP contribution in [0.2, 0.25) is 0 Å². The minimum atomic E-state index is -0.696. The van der Waals surface area contributed by atoms with Crippen molar-refractivity contribution < 1.29 is 28.6 Å². The summed E-state index contributed by atoms with van der Waals surface area (Å²) in [5.41, 5.74) is 0.632. The Bertz CT molecular complexity index is 754. The van der Waals surface area contributed by atoms with Crippen LogP contribution in [0.15, 0.2) is 42.5 Å². The third-order valence-electron chi connectivity index (χ3n) is 3.39. The van der Waals surface area contributed by atoms with Crippen molar-refractivity contribution in [2.75, 3.05) is 21.3 Å². The molecule has 0 spiro atoms. The molecule has 2 aromatic carbocycles. The number of hydrogen-bond donors (Lipinski definition) is 0. The predicted octanol–water partition coefficient (Wildman–Crippen LogP) is 2.56. The molecule has 0 aliphatic carbocycles. The van der Waals surface area contributed by atoms with Gasteiger partial charge in [-0.15, -0.1) is 0 Å². The lowest BCUT2D eigenvalue weighted by atomic mass is 10.00. The number of hydrogen-bond acceptors (Lipinski definition) is 6. The number of rotatable bonds is 6. The second-order valence-corrected chi connectivity index (χ2v) is 4.83. The molecule has 0 bridgehead atoms. The van der Waals surface area contributed by atoms with Crippen LogP contribution in [0.5, 0.6) is 11.5 Å². The van der Waals surface area contributed by atoms with Crippen molar-refractivity contribution in [2.24, 2.45) is 0 Å². The standard InChI is InChI=1S/C18H16O6/c1-22-14-8-13(9-15(10-14)23-2)17(20)16(19)11-4-6-12(7-5-11)18(21)24-3/h4-10H,1-3H3. The van der Waals surface area contributed by atoms with E-state index in [4.69, 9.17) is 9.47 Å². The molecule has 6 nitrogen and oxygen atoms in total. The monoisotopic (exact) mass is 328 g/mol. The highest BCUT2D eigenvalue weighted by atomic mass is 16.5. The fourth-order valence-electron chi connectivity index (χ4n) is 2.08. The number of carbonyl (C=O) groups is 3. The van der Waals surface area contributed by atoms with E-state index < -0.39 is 17.5 Å². The highest BCUT2D eigenvalue weighted by Crippen LogP contribution is 2.23. The highest BCUT2D eigenvalue weighted by Gasteiger charge is 2.20. The summed E-state index contributed by atoms with van der Waals surface area (Å²) >= 11 is 0. The zero-order valence-electron chi connectivity index (χ0n) is 13.5. The lowest BCUT2D eigenvalue weighted by molar-refractivity contribution is 0.0600. The first-order valence-electron chi connectivity index (χ1n) is 7.00. The van der Waals surface area contributed by atoms with Crippen molar-refractivity contribution in [3.8, 4) is 11.5 Å². The van der Waals surface area contributed by atoms with Crippen LogP contribution in [0.1, 0.15) is 31.1 Å². The molecule has 0 radical (unpaired) electrons. The average Bonchev–Trinajstić information content (AvgIpc) is 2.65. The van der Waals surface area contributed by atoms with E-state index in [1.165, 1.54) is 57.7 Å². The van der Waals surface area contributed by atoms with Gasteiger partial charge in [0.1, 0.15) is 11.5 Å². The Morgan fingerprint density at radius 2 is 1.12 bits per heavy atom. The molecule has 0 aliphatic rings. The molecule has 0 saturated heterocycles. The van der Waals surface area contributed by atoms with Crippen LogP contribution in [-0.4, -0.2) is 38.9 Å². The zero-order chi connectivity index (χ0) is 17.7. The predicted molar refractivity (Wildman–Crippen MR) is 86.0 cm³/mol. The minimum Gasteiger partial charge on any atom is -0.497 e. The third kappa shape index (κ3) is 3.60. The summed E-state index contributed by atoms with van der Waals surface area (Å²) < 4.78 is 14.8. The summed E-state index contributed by atoms with van der Waals surface area (Å²) in [6.45, 7) is 0. The van der Waals surface area contributed by atoms with Gasteiger partial charge in [-0.25, -0.2) is 4.79 Å². The molecule has 0 fully saturated rings. The van der Waals surface area contributed by atoms with E-state index in [2.05, 4.69) is 4.74 Å². The average molecular weight is 328 g/mol. The van der Waals surface area contributed by atoms with Crippen LogP contribution in [0.3, 0.4) is 0 Å². The van der Waals surface area contributed by atoms with Crippen molar-refractivity contribution in [2.45, 2.75) is 0 Å². The van der Waals surface area contributed by atoms with Gasteiger partial charge in [0, 0.05) is 17.2 Å². The number of ether oxygens (including phenoxy) is 3. The molecular formula is C18H16O6. The van der Waals surface area contributed by atoms with Crippen LogP contribution in [0.25, 0.3) is 0 Å². The van der Waals surface area contributed by atoms with Gasteiger partial charge in [0.2, 0.25) is 11.6 Å². The summed E-state index contributed by atoms with van der Waals surface area (Å²) in [5, 5.41) is 0. The Morgan fingerprint density at radius 3 is 1.58 bits per heavy atom. The summed E-state index contributed by atoms with van der Waals surface area (Å²) in [4.78, 5) is 36.1. The first-order chi connectivity index (χ1) is 11.5. The quantitative estimate of drug-likeness (QED) is 0.461. The van der Waals surface area contributed by atoms with Crippen LogP contribution in [0.4, 0.5) is 0 Å². The summed E-state index contributed by atoms with van der Waals surface area (Å²) in [7, 11) is 4.17. The largest absolute Gasteiger partial charge is 0.497 e. The molecule has 0 unspecified atom stereocenters. The number of methoxy groups -OCH3 is 3. The van der Waals surface area contributed by atoms with E-state index in [0.717, 1.165) is 0 Å². The second-order valence-electron chi connectivity index (χ2n) is 4.83. The van der Waals surface area contributed by atoms with E-state index in [9.17, 15) is 14.4 Å². The Morgan fingerprint density at radius 1 is 0.667 bits per heavy atom. The van der Waals surface area contributed by atoms with Gasteiger partial charge >= 0.3 is 5.97 Å². The topological polar surface area (TPSA) is 78.9 Å². The second kappa shape index (κ2) is 7.41. The Kier molecular flexibility index (Phi) is 5.31. The molecular weight excluding hydrogens is 312 g/mol. The van der Waals surface area contributed by atoms with Gasteiger partial charge in [0.15, 0.2) is 0 Å². The lowest BCUT2D eigenvalue weighted by Gasteiger charge is -2.07. The summed E-state index contributed by atoms with van der Waals surface area (Å²) in [6, 6.07) is 10.2. The molecule has 0 amide bonds. The number of Topliss-reactive ketones (excluding diaryl/α,β-unsaturated/α-hetero) is 2. The zero-order valence-corrected chi connectivity index (χ0v) is 13.5. The van der Waals surface area contributed by atoms with Gasteiger partial charge in [-0.3, -0.25) is 9.59 Å². The Hall–Kier alpha value is -3.15. The maximum Gasteiger partial charge on any atom is 0.337 e.